The van der Waals surface area contributed by atoms with E-state index in [-0.39, 0.29) is 11.8 Å². The van der Waals surface area contributed by atoms with Crippen molar-refractivity contribution in [1.82, 2.24) is 24.4 Å². The van der Waals surface area contributed by atoms with Gasteiger partial charge in [-0.2, -0.15) is 4.98 Å². The predicted molar refractivity (Wildman–Crippen MR) is 113 cm³/mol. The molecule has 3 heterocycles. The number of fused-ring (bicyclic) bond motifs is 1. The van der Waals surface area contributed by atoms with Crippen LogP contribution in [0, 0.1) is 5.92 Å². The number of hydrogen-bond acceptors (Lipinski definition) is 5. The van der Waals surface area contributed by atoms with Crippen molar-refractivity contribution in [3.05, 3.63) is 48.0 Å². The summed E-state index contributed by atoms with van der Waals surface area (Å²) < 4.78 is 1.77. The van der Waals surface area contributed by atoms with Gasteiger partial charge in [0.05, 0.1) is 5.69 Å². The van der Waals surface area contributed by atoms with Crippen LogP contribution in [0.1, 0.15) is 18.4 Å². The number of carbonyl (C=O) groups excluding carboxylic acids is 2. The van der Waals surface area contributed by atoms with Crippen LogP contribution in [0.5, 0.6) is 0 Å². The molecule has 0 unspecified atom stereocenters. The molecule has 2 amide bonds. The fourth-order valence-electron chi connectivity index (χ4n) is 3.80. The maximum Gasteiger partial charge on any atom is 0.249 e. The van der Waals surface area contributed by atoms with Gasteiger partial charge in [-0.05, 0) is 30.5 Å². The van der Waals surface area contributed by atoms with Gasteiger partial charge < -0.3 is 4.90 Å². The lowest BCUT2D eigenvalue weighted by Crippen LogP contribution is -2.45. The van der Waals surface area contributed by atoms with Gasteiger partial charge in [0.2, 0.25) is 18.3 Å². The van der Waals surface area contributed by atoms with E-state index in [0.717, 1.165) is 63.2 Å². The second-order valence-electron chi connectivity index (χ2n) is 7.99. The molecule has 0 spiro atoms. The van der Waals surface area contributed by atoms with Crippen molar-refractivity contribution in [1.29, 1.82) is 0 Å². The van der Waals surface area contributed by atoms with Crippen LogP contribution < -0.4 is 5.32 Å². The van der Waals surface area contributed by atoms with Crippen LogP contribution in [0.2, 0.25) is 0 Å². The van der Waals surface area contributed by atoms with Crippen molar-refractivity contribution >= 4 is 23.9 Å². The zero-order valence-electron chi connectivity index (χ0n) is 16.7. The Bertz CT molecular complexity index is 1060. The van der Waals surface area contributed by atoms with E-state index >= 15 is 0 Å². The molecule has 2 aliphatic rings. The summed E-state index contributed by atoms with van der Waals surface area (Å²) in [4.78, 5) is 31.5. The molecule has 8 heteroatoms. The first-order valence-corrected chi connectivity index (χ1v) is 10.4. The standard InChI is InChI=1S/C22H24N6O2/c29-15-27-12-10-26(11-13-27)14-16-4-6-17(7-5-16)19-2-1-3-20-23-22(25-28(19)20)24-21(30)18-8-9-18/h1-7,15,18H,8-14H2,(H,24,25,30). The lowest BCUT2D eigenvalue weighted by Gasteiger charge is -2.32. The smallest absolute Gasteiger partial charge is 0.249 e. The van der Waals surface area contributed by atoms with E-state index in [2.05, 4.69) is 44.6 Å². The molecule has 5 rings (SSSR count). The molecule has 0 radical (unpaired) electrons. The van der Waals surface area contributed by atoms with Gasteiger partial charge in [-0.3, -0.25) is 19.8 Å². The highest BCUT2D eigenvalue weighted by Crippen LogP contribution is 2.30. The van der Waals surface area contributed by atoms with Gasteiger partial charge in [0.15, 0.2) is 5.65 Å². The fraction of sp³-hybridized carbons (Fsp3) is 0.364. The largest absolute Gasteiger partial charge is 0.343 e. The van der Waals surface area contributed by atoms with Gasteiger partial charge >= 0.3 is 0 Å². The third kappa shape index (κ3) is 3.91. The molecule has 1 aromatic carbocycles. The molecule has 3 aromatic rings. The molecule has 8 nitrogen and oxygen atoms in total. The number of nitrogens with zero attached hydrogens (tertiary/aromatic N) is 5. The third-order valence-corrected chi connectivity index (χ3v) is 5.75. The van der Waals surface area contributed by atoms with E-state index in [1.807, 2.05) is 23.1 Å². The van der Waals surface area contributed by atoms with Crippen molar-refractivity contribution < 1.29 is 9.59 Å². The highest BCUT2D eigenvalue weighted by molar-refractivity contribution is 5.92. The van der Waals surface area contributed by atoms with Crippen molar-refractivity contribution in [3.63, 3.8) is 0 Å². The summed E-state index contributed by atoms with van der Waals surface area (Å²) in [6, 6.07) is 14.3. The Morgan fingerprint density at radius 3 is 2.53 bits per heavy atom. The number of benzene rings is 1. The maximum absolute atomic E-state index is 12.0. The number of hydrogen-bond donors (Lipinski definition) is 1. The predicted octanol–water partition coefficient (Wildman–Crippen LogP) is 2.02. The monoisotopic (exact) mass is 404 g/mol. The number of piperazine rings is 1. The Morgan fingerprint density at radius 1 is 1.07 bits per heavy atom. The van der Waals surface area contributed by atoms with E-state index in [0.29, 0.717) is 11.6 Å². The highest BCUT2D eigenvalue weighted by atomic mass is 16.2. The fourth-order valence-corrected chi connectivity index (χ4v) is 3.80. The second-order valence-corrected chi connectivity index (χ2v) is 7.99. The molecule has 0 bridgehead atoms. The lowest BCUT2D eigenvalue weighted by molar-refractivity contribution is -0.120. The number of carbonyl (C=O) groups is 2. The highest BCUT2D eigenvalue weighted by Gasteiger charge is 2.30. The van der Waals surface area contributed by atoms with E-state index in [1.165, 1.54) is 5.56 Å². The first-order chi connectivity index (χ1) is 14.7. The molecule has 1 N–H and O–H groups in total. The topological polar surface area (TPSA) is 82.8 Å². The summed E-state index contributed by atoms with van der Waals surface area (Å²) in [6.07, 6.45) is 2.83. The normalized spacial score (nSPS) is 17.3. The minimum absolute atomic E-state index is 0.00536. The molecule has 2 fully saturated rings. The summed E-state index contributed by atoms with van der Waals surface area (Å²) in [5, 5.41) is 7.32. The zero-order valence-corrected chi connectivity index (χ0v) is 16.7. The molecule has 0 atom stereocenters. The average Bonchev–Trinajstić information content (AvgIpc) is 3.55. The Hall–Kier alpha value is -3.26. The lowest BCUT2D eigenvalue weighted by atomic mass is 10.1. The van der Waals surface area contributed by atoms with E-state index in [4.69, 9.17) is 0 Å². The van der Waals surface area contributed by atoms with Crippen LogP contribution in [0.25, 0.3) is 16.9 Å². The number of amides is 2. The van der Waals surface area contributed by atoms with Gasteiger partial charge in [0, 0.05) is 44.2 Å². The maximum atomic E-state index is 12.0. The summed E-state index contributed by atoms with van der Waals surface area (Å²) >= 11 is 0. The Kier molecular flexibility index (Phi) is 4.92. The van der Waals surface area contributed by atoms with Crippen LogP contribution in [-0.2, 0) is 16.1 Å². The minimum Gasteiger partial charge on any atom is -0.343 e. The summed E-state index contributed by atoms with van der Waals surface area (Å²) in [6.45, 7) is 4.24. The Balaban J connectivity index is 1.32. The molecule has 1 aliphatic carbocycles. The molecular formula is C22H24N6O2. The van der Waals surface area contributed by atoms with E-state index in [1.54, 1.807) is 4.52 Å². The molecule has 1 saturated heterocycles. The zero-order chi connectivity index (χ0) is 20.5. The first-order valence-electron chi connectivity index (χ1n) is 10.4. The van der Waals surface area contributed by atoms with Crippen LogP contribution >= 0.6 is 0 Å². The SMILES string of the molecule is O=CN1CCN(Cc2ccc(-c3cccc4nc(NC(=O)C5CC5)nn34)cc2)CC1. The summed E-state index contributed by atoms with van der Waals surface area (Å²) in [5.41, 5.74) is 3.91. The molecule has 30 heavy (non-hydrogen) atoms. The Labute approximate surface area is 174 Å². The number of nitrogens with one attached hydrogen (secondary N) is 1. The van der Waals surface area contributed by atoms with Crippen molar-refractivity contribution in [2.75, 3.05) is 31.5 Å². The number of pyridine rings is 1. The van der Waals surface area contributed by atoms with Crippen molar-refractivity contribution in [2.24, 2.45) is 5.92 Å². The molecular weight excluding hydrogens is 380 g/mol. The van der Waals surface area contributed by atoms with Gasteiger partial charge in [-0.15, -0.1) is 5.10 Å². The molecule has 1 saturated carbocycles. The first kappa shape index (κ1) is 18.7. The number of aromatic nitrogens is 3. The van der Waals surface area contributed by atoms with E-state index < -0.39 is 0 Å². The van der Waals surface area contributed by atoms with Gasteiger partial charge in [0.1, 0.15) is 0 Å². The van der Waals surface area contributed by atoms with E-state index in [9.17, 15) is 9.59 Å². The quantitative estimate of drug-likeness (QED) is 0.636. The molecule has 2 aromatic heterocycles. The molecule has 154 valence electrons. The van der Waals surface area contributed by atoms with Gasteiger partial charge in [-0.1, -0.05) is 30.3 Å². The van der Waals surface area contributed by atoms with Crippen LogP contribution in [0.3, 0.4) is 0 Å². The van der Waals surface area contributed by atoms with Crippen LogP contribution in [0.4, 0.5) is 5.95 Å². The summed E-state index contributed by atoms with van der Waals surface area (Å²) in [7, 11) is 0. The van der Waals surface area contributed by atoms with Crippen LogP contribution in [-0.4, -0.2) is 62.9 Å². The molecule has 1 aliphatic heterocycles. The average molecular weight is 404 g/mol. The number of anilines is 1. The van der Waals surface area contributed by atoms with Crippen molar-refractivity contribution in [3.8, 4) is 11.3 Å². The summed E-state index contributed by atoms with van der Waals surface area (Å²) in [5.74, 6) is 0.473. The second kappa shape index (κ2) is 7.87. The Morgan fingerprint density at radius 2 is 1.83 bits per heavy atom. The van der Waals surface area contributed by atoms with Crippen molar-refractivity contribution in [2.45, 2.75) is 19.4 Å². The van der Waals surface area contributed by atoms with Gasteiger partial charge in [0.25, 0.3) is 0 Å². The third-order valence-electron chi connectivity index (χ3n) is 5.75. The minimum atomic E-state index is 0.00536. The van der Waals surface area contributed by atoms with Gasteiger partial charge in [-0.25, -0.2) is 4.52 Å². The number of rotatable bonds is 6. The van der Waals surface area contributed by atoms with Crippen LogP contribution in [0.15, 0.2) is 42.5 Å².